The van der Waals surface area contributed by atoms with Crippen molar-refractivity contribution in [2.45, 2.75) is 12.3 Å². The van der Waals surface area contributed by atoms with E-state index in [0.29, 0.717) is 0 Å². The maximum absolute atomic E-state index is 9.15. The minimum Gasteiger partial charge on any atom is -0.497 e. The summed E-state index contributed by atoms with van der Waals surface area (Å²) in [5.41, 5.74) is 1.03. The van der Waals surface area contributed by atoms with E-state index >= 15 is 0 Å². The Bertz CT molecular complexity index is 368. The number of methoxy groups -OCH3 is 1. The fourth-order valence-electron chi connectivity index (χ4n) is 1.55. The molecule has 16 heavy (non-hydrogen) atoms. The number of rotatable bonds is 5. The topological polar surface area (TPSA) is 36.3 Å². The van der Waals surface area contributed by atoms with E-state index in [1.54, 1.807) is 7.11 Å². The van der Waals surface area contributed by atoms with Gasteiger partial charge in [0.25, 0.3) is 0 Å². The largest absolute Gasteiger partial charge is 0.497 e. The second-order valence-corrected chi connectivity index (χ2v) is 4.05. The van der Waals surface area contributed by atoms with E-state index in [9.17, 15) is 0 Å². The summed E-state index contributed by atoms with van der Waals surface area (Å²) in [4.78, 5) is 2.09. The fraction of sp³-hybridized carbons (Fsp3) is 0.462. The number of hydrogen-bond donors (Lipinski definition) is 0. The Kier molecular flexibility index (Phi) is 4.81. The van der Waals surface area contributed by atoms with Crippen LogP contribution < -0.4 is 4.74 Å². The van der Waals surface area contributed by atoms with Gasteiger partial charge in [-0.2, -0.15) is 5.26 Å². The van der Waals surface area contributed by atoms with Gasteiger partial charge in [0.15, 0.2) is 0 Å². The van der Waals surface area contributed by atoms with Crippen molar-refractivity contribution in [1.29, 1.82) is 5.26 Å². The van der Waals surface area contributed by atoms with Crippen LogP contribution in [0.4, 0.5) is 0 Å². The Labute approximate surface area is 97.3 Å². The summed E-state index contributed by atoms with van der Waals surface area (Å²) in [7, 11) is 5.67. The molecule has 0 spiro atoms. The molecule has 0 saturated carbocycles. The van der Waals surface area contributed by atoms with Crippen LogP contribution in [0, 0.1) is 11.3 Å². The van der Waals surface area contributed by atoms with Crippen molar-refractivity contribution in [3.63, 3.8) is 0 Å². The Balaban J connectivity index is 2.75. The van der Waals surface area contributed by atoms with Crippen LogP contribution in [0.3, 0.4) is 0 Å². The summed E-state index contributed by atoms with van der Waals surface area (Å²) in [5.74, 6) is 0.750. The highest BCUT2D eigenvalue weighted by molar-refractivity contribution is 5.33. The van der Waals surface area contributed by atoms with Gasteiger partial charge < -0.3 is 9.64 Å². The van der Waals surface area contributed by atoms with E-state index in [1.165, 1.54) is 0 Å². The average Bonchev–Trinajstić information content (AvgIpc) is 2.30. The molecule has 0 aromatic heterocycles. The van der Waals surface area contributed by atoms with Crippen molar-refractivity contribution in [3.8, 4) is 11.8 Å². The molecule has 0 heterocycles. The number of benzene rings is 1. The van der Waals surface area contributed by atoms with Crippen LogP contribution in [0.25, 0.3) is 0 Å². The maximum atomic E-state index is 9.15. The monoisotopic (exact) mass is 218 g/mol. The highest BCUT2D eigenvalue weighted by atomic mass is 16.5. The molecule has 3 heteroatoms. The van der Waals surface area contributed by atoms with Gasteiger partial charge in [0, 0.05) is 0 Å². The van der Waals surface area contributed by atoms with E-state index in [1.807, 2.05) is 38.4 Å². The summed E-state index contributed by atoms with van der Waals surface area (Å²) in [6, 6.07) is 10.1. The Morgan fingerprint density at radius 3 is 2.75 bits per heavy atom. The molecule has 1 unspecified atom stereocenters. The second-order valence-electron chi connectivity index (χ2n) is 4.05. The molecule has 0 bridgehead atoms. The Morgan fingerprint density at radius 2 is 2.19 bits per heavy atom. The SMILES string of the molecule is COc1cccc(C(C#N)CCN(C)C)c1. The molecule has 1 aromatic carbocycles. The van der Waals surface area contributed by atoms with Crippen LogP contribution in [-0.2, 0) is 0 Å². The van der Waals surface area contributed by atoms with E-state index in [2.05, 4.69) is 11.0 Å². The van der Waals surface area contributed by atoms with Crippen molar-refractivity contribution >= 4 is 0 Å². The first-order valence-electron chi connectivity index (χ1n) is 5.35. The first-order chi connectivity index (χ1) is 7.67. The zero-order valence-electron chi connectivity index (χ0n) is 10.1. The van der Waals surface area contributed by atoms with Gasteiger partial charge >= 0.3 is 0 Å². The standard InChI is InChI=1S/C13H18N2O/c1-15(2)8-7-12(10-14)11-5-4-6-13(9-11)16-3/h4-6,9,12H,7-8H2,1-3H3. The van der Waals surface area contributed by atoms with Gasteiger partial charge in [-0.25, -0.2) is 0 Å². The zero-order valence-corrected chi connectivity index (χ0v) is 10.1. The molecule has 1 atom stereocenters. The van der Waals surface area contributed by atoms with Gasteiger partial charge in [0.05, 0.1) is 19.1 Å². The highest BCUT2D eigenvalue weighted by Crippen LogP contribution is 2.23. The van der Waals surface area contributed by atoms with Crippen molar-refractivity contribution < 1.29 is 4.74 Å². The molecule has 0 saturated heterocycles. The van der Waals surface area contributed by atoms with Crippen LogP contribution in [0.1, 0.15) is 17.9 Å². The molecule has 0 aliphatic carbocycles. The predicted molar refractivity (Wildman–Crippen MR) is 64.5 cm³/mol. The molecule has 0 N–H and O–H groups in total. The van der Waals surface area contributed by atoms with Crippen molar-refractivity contribution in [3.05, 3.63) is 29.8 Å². The van der Waals surface area contributed by atoms with Crippen LogP contribution in [0.5, 0.6) is 5.75 Å². The third-order valence-electron chi connectivity index (χ3n) is 2.52. The van der Waals surface area contributed by atoms with Crippen molar-refractivity contribution in [1.82, 2.24) is 4.90 Å². The maximum Gasteiger partial charge on any atom is 0.119 e. The van der Waals surface area contributed by atoms with Crippen LogP contribution >= 0.6 is 0 Å². The molecule has 86 valence electrons. The third-order valence-corrected chi connectivity index (χ3v) is 2.52. The van der Waals surface area contributed by atoms with E-state index in [0.717, 1.165) is 24.3 Å². The van der Waals surface area contributed by atoms with Crippen molar-refractivity contribution in [2.24, 2.45) is 0 Å². The molecular formula is C13H18N2O. The van der Waals surface area contributed by atoms with E-state index in [-0.39, 0.29) is 5.92 Å². The molecular weight excluding hydrogens is 200 g/mol. The lowest BCUT2D eigenvalue weighted by molar-refractivity contribution is 0.392. The minimum atomic E-state index is -0.0579. The average molecular weight is 218 g/mol. The lowest BCUT2D eigenvalue weighted by atomic mass is 9.97. The molecule has 0 radical (unpaired) electrons. The first kappa shape index (κ1) is 12.5. The lowest BCUT2D eigenvalue weighted by Crippen LogP contribution is -2.15. The van der Waals surface area contributed by atoms with Crippen molar-refractivity contribution in [2.75, 3.05) is 27.7 Å². The Morgan fingerprint density at radius 1 is 1.44 bits per heavy atom. The third kappa shape index (κ3) is 3.56. The van der Waals surface area contributed by atoms with E-state index < -0.39 is 0 Å². The van der Waals surface area contributed by atoms with Crippen LogP contribution in [0.2, 0.25) is 0 Å². The first-order valence-corrected chi connectivity index (χ1v) is 5.35. The predicted octanol–water partition coefficient (Wildman–Crippen LogP) is 2.25. The van der Waals surface area contributed by atoms with Crippen LogP contribution in [-0.4, -0.2) is 32.6 Å². The smallest absolute Gasteiger partial charge is 0.119 e. The lowest BCUT2D eigenvalue weighted by Gasteiger charge is -2.14. The molecule has 1 aromatic rings. The van der Waals surface area contributed by atoms with Gasteiger partial charge in [0.1, 0.15) is 5.75 Å². The zero-order chi connectivity index (χ0) is 12.0. The molecule has 0 aliphatic heterocycles. The molecule has 1 rings (SSSR count). The van der Waals surface area contributed by atoms with Gasteiger partial charge in [-0.3, -0.25) is 0 Å². The summed E-state index contributed by atoms with van der Waals surface area (Å²) >= 11 is 0. The number of ether oxygens (including phenoxy) is 1. The summed E-state index contributed by atoms with van der Waals surface area (Å²) < 4.78 is 5.16. The van der Waals surface area contributed by atoms with Gasteiger partial charge in [-0.05, 0) is 44.8 Å². The number of hydrogen-bond acceptors (Lipinski definition) is 3. The van der Waals surface area contributed by atoms with Gasteiger partial charge in [-0.1, -0.05) is 12.1 Å². The molecule has 0 aliphatic rings. The number of nitriles is 1. The highest BCUT2D eigenvalue weighted by Gasteiger charge is 2.11. The normalized spacial score (nSPS) is 12.2. The quantitative estimate of drug-likeness (QED) is 0.760. The molecule has 3 nitrogen and oxygen atoms in total. The Hall–Kier alpha value is -1.53. The summed E-state index contributed by atoms with van der Waals surface area (Å²) in [6.45, 7) is 0.912. The second kappa shape index (κ2) is 6.14. The number of nitrogens with zero attached hydrogens (tertiary/aromatic N) is 2. The van der Waals surface area contributed by atoms with E-state index in [4.69, 9.17) is 10.00 Å². The molecule has 0 fully saturated rings. The summed E-state index contributed by atoms with van der Waals surface area (Å²) in [6.07, 6.45) is 0.844. The van der Waals surface area contributed by atoms with Gasteiger partial charge in [-0.15, -0.1) is 0 Å². The minimum absolute atomic E-state index is 0.0579. The van der Waals surface area contributed by atoms with Gasteiger partial charge in [0.2, 0.25) is 0 Å². The van der Waals surface area contributed by atoms with Crippen LogP contribution in [0.15, 0.2) is 24.3 Å². The molecule has 0 amide bonds. The summed E-state index contributed by atoms with van der Waals surface area (Å²) in [5, 5.41) is 9.15. The fourth-order valence-corrected chi connectivity index (χ4v) is 1.55.